The summed E-state index contributed by atoms with van der Waals surface area (Å²) in [5, 5.41) is 10.8. The second kappa shape index (κ2) is 5.73. The van der Waals surface area contributed by atoms with Gasteiger partial charge in [0, 0.05) is 18.1 Å². The van der Waals surface area contributed by atoms with Gasteiger partial charge in [-0.1, -0.05) is 12.6 Å². The van der Waals surface area contributed by atoms with E-state index in [1.54, 1.807) is 6.92 Å². The molecule has 7 heteroatoms. The second-order valence-corrected chi connectivity index (χ2v) is 3.71. The van der Waals surface area contributed by atoms with Gasteiger partial charge in [0.25, 0.3) is 5.69 Å². The fraction of sp³-hybridized carbons (Fsp3) is 0.333. The van der Waals surface area contributed by atoms with Crippen molar-refractivity contribution >= 4 is 5.69 Å². The van der Waals surface area contributed by atoms with Crippen molar-refractivity contribution in [2.24, 2.45) is 0 Å². The smallest absolute Gasteiger partial charge is 0.416 e. The standard InChI is InChI=1S/C12H12F3NO3/c1-3-19-8(2)7-9-10(12(13,14)15)5-4-6-11(9)16(17)18/h4-6H,2-3,7H2,1H3. The molecule has 0 aliphatic heterocycles. The highest BCUT2D eigenvalue weighted by Crippen LogP contribution is 2.36. The maximum absolute atomic E-state index is 12.8. The summed E-state index contributed by atoms with van der Waals surface area (Å²) in [6.07, 6.45) is -5.01. The summed E-state index contributed by atoms with van der Waals surface area (Å²) in [7, 11) is 0. The number of alkyl halides is 3. The molecule has 1 aromatic carbocycles. The minimum Gasteiger partial charge on any atom is -0.498 e. The lowest BCUT2D eigenvalue weighted by Crippen LogP contribution is -2.12. The van der Waals surface area contributed by atoms with Crippen molar-refractivity contribution in [2.45, 2.75) is 19.5 Å². The molecule has 0 atom stereocenters. The van der Waals surface area contributed by atoms with Crippen LogP contribution in [0.3, 0.4) is 0 Å². The Morgan fingerprint density at radius 3 is 2.58 bits per heavy atom. The Morgan fingerprint density at radius 1 is 1.47 bits per heavy atom. The van der Waals surface area contributed by atoms with Crippen molar-refractivity contribution in [1.29, 1.82) is 0 Å². The molecule has 0 aliphatic carbocycles. The van der Waals surface area contributed by atoms with Crippen LogP contribution in [-0.4, -0.2) is 11.5 Å². The van der Waals surface area contributed by atoms with Crippen LogP contribution in [0.2, 0.25) is 0 Å². The number of hydrogen-bond acceptors (Lipinski definition) is 3. The molecule has 1 aromatic rings. The molecule has 0 heterocycles. The molecule has 0 fully saturated rings. The van der Waals surface area contributed by atoms with E-state index in [1.165, 1.54) is 0 Å². The first kappa shape index (κ1) is 15.0. The van der Waals surface area contributed by atoms with Gasteiger partial charge >= 0.3 is 6.18 Å². The van der Waals surface area contributed by atoms with Gasteiger partial charge in [-0.25, -0.2) is 0 Å². The molecule has 104 valence electrons. The normalized spacial score (nSPS) is 11.2. The molecule has 19 heavy (non-hydrogen) atoms. The summed E-state index contributed by atoms with van der Waals surface area (Å²) in [5.41, 5.74) is -2.06. The van der Waals surface area contributed by atoms with Gasteiger partial charge in [0.1, 0.15) is 0 Å². The molecule has 0 saturated carbocycles. The third kappa shape index (κ3) is 3.70. The quantitative estimate of drug-likeness (QED) is 0.467. The average molecular weight is 275 g/mol. The monoisotopic (exact) mass is 275 g/mol. The first-order valence-electron chi connectivity index (χ1n) is 5.41. The maximum atomic E-state index is 12.8. The van der Waals surface area contributed by atoms with Crippen LogP contribution in [0.4, 0.5) is 18.9 Å². The lowest BCUT2D eigenvalue weighted by molar-refractivity contribution is -0.385. The van der Waals surface area contributed by atoms with E-state index in [-0.39, 0.29) is 18.8 Å². The van der Waals surface area contributed by atoms with Crippen molar-refractivity contribution in [3.05, 3.63) is 51.8 Å². The van der Waals surface area contributed by atoms with Crippen molar-refractivity contribution in [1.82, 2.24) is 0 Å². The van der Waals surface area contributed by atoms with Gasteiger partial charge in [-0.05, 0) is 13.0 Å². The van der Waals surface area contributed by atoms with Gasteiger partial charge in [-0.2, -0.15) is 13.2 Å². The Labute approximate surface area is 107 Å². The lowest BCUT2D eigenvalue weighted by Gasteiger charge is -2.14. The number of hydrogen-bond donors (Lipinski definition) is 0. The van der Waals surface area contributed by atoms with Crippen LogP contribution in [0, 0.1) is 10.1 Å². The highest BCUT2D eigenvalue weighted by molar-refractivity contribution is 5.48. The molecular formula is C12H12F3NO3. The van der Waals surface area contributed by atoms with E-state index in [2.05, 4.69) is 6.58 Å². The SMILES string of the molecule is C=C(Cc1c([N+](=O)[O-])cccc1C(F)(F)F)OCC. The van der Waals surface area contributed by atoms with Crippen molar-refractivity contribution < 1.29 is 22.8 Å². The Balaban J connectivity index is 3.30. The molecule has 0 saturated heterocycles. The molecule has 0 unspecified atom stereocenters. The van der Waals surface area contributed by atoms with E-state index in [1.807, 2.05) is 0 Å². The number of ether oxygens (including phenoxy) is 1. The first-order chi connectivity index (χ1) is 8.77. The van der Waals surface area contributed by atoms with E-state index in [9.17, 15) is 23.3 Å². The summed E-state index contributed by atoms with van der Waals surface area (Å²) < 4.78 is 43.5. The lowest BCUT2D eigenvalue weighted by atomic mass is 10.0. The minimum absolute atomic E-state index is 0.0577. The molecule has 0 radical (unpaired) electrons. The number of nitro benzene ring substituents is 1. The zero-order chi connectivity index (χ0) is 14.6. The summed E-state index contributed by atoms with van der Waals surface area (Å²) in [4.78, 5) is 9.96. The summed E-state index contributed by atoms with van der Waals surface area (Å²) >= 11 is 0. The van der Waals surface area contributed by atoms with Crippen LogP contribution in [0.25, 0.3) is 0 Å². The van der Waals surface area contributed by atoms with Crippen molar-refractivity contribution in [3.8, 4) is 0 Å². The molecule has 0 aromatic heterocycles. The number of allylic oxidation sites excluding steroid dienone is 1. The topological polar surface area (TPSA) is 52.4 Å². The van der Waals surface area contributed by atoms with Crippen molar-refractivity contribution in [3.63, 3.8) is 0 Å². The largest absolute Gasteiger partial charge is 0.498 e. The minimum atomic E-state index is -4.66. The summed E-state index contributed by atoms with van der Waals surface area (Å²) in [6, 6.07) is 2.85. The molecule has 0 aliphatic rings. The van der Waals surface area contributed by atoms with Crippen molar-refractivity contribution in [2.75, 3.05) is 6.61 Å². The van der Waals surface area contributed by atoms with E-state index < -0.39 is 27.9 Å². The van der Waals surface area contributed by atoms with E-state index in [0.29, 0.717) is 0 Å². The maximum Gasteiger partial charge on any atom is 0.416 e. The zero-order valence-electron chi connectivity index (χ0n) is 10.2. The molecule has 0 amide bonds. The molecular weight excluding hydrogens is 263 g/mol. The van der Waals surface area contributed by atoms with Gasteiger partial charge in [0.05, 0.1) is 22.9 Å². The van der Waals surface area contributed by atoms with Gasteiger partial charge < -0.3 is 4.74 Å². The molecule has 0 bridgehead atoms. The van der Waals surface area contributed by atoms with E-state index in [4.69, 9.17) is 4.74 Å². The highest BCUT2D eigenvalue weighted by atomic mass is 19.4. The molecule has 1 rings (SSSR count). The van der Waals surface area contributed by atoms with Crippen LogP contribution < -0.4 is 0 Å². The number of halogens is 3. The number of nitro groups is 1. The average Bonchev–Trinajstić information content (AvgIpc) is 2.27. The van der Waals surface area contributed by atoms with Crippen LogP contribution >= 0.6 is 0 Å². The van der Waals surface area contributed by atoms with Crippen LogP contribution in [-0.2, 0) is 17.3 Å². The number of nitrogens with zero attached hydrogens (tertiary/aromatic N) is 1. The fourth-order valence-corrected chi connectivity index (χ4v) is 1.65. The van der Waals surface area contributed by atoms with Gasteiger partial charge in [-0.3, -0.25) is 10.1 Å². The first-order valence-corrected chi connectivity index (χ1v) is 5.41. The highest BCUT2D eigenvalue weighted by Gasteiger charge is 2.36. The Bertz CT molecular complexity index is 497. The summed E-state index contributed by atoms with van der Waals surface area (Å²) in [6.45, 7) is 5.34. The number of benzene rings is 1. The number of rotatable bonds is 5. The van der Waals surface area contributed by atoms with Crippen LogP contribution in [0.15, 0.2) is 30.5 Å². The predicted octanol–water partition coefficient (Wildman–Crippen LogP) is 3.71. The van der Waals surface area contributed by atoms with Gasteiger partial charge in [0.15, 0.2) is 0 Å². The predicted molar refractivity (Wildman–Crippen MR) is 62.6 cm³/mol. The second-order valence-electron chi connectivity index (χ2n) is 3.71. The fourth-order valence-electron chi connectivity index (χ4n) is 1.65. The van der Waals surface area contributed by atoms with Gasteiger partial charge in [-0.15, -0.1) is 0 Å². The Kier molecular flexibility index (Phi) is 4.52. The van der Waals surface area contributed by atoms with Crippen LogP contribution in [0.1, 0.15) is 18.1 Å². The molecule has 0 spiro atoms. The van der Waals surface area contributed by atoms with E-state index >= 15 is 0 Å². The molecule has 4 nitrogen and oxygen atoms in total. The van der Waals surface area contributed by atoms with E-state index in [0.717, 1.165) is 18.2 Å². The van der Waals surface area contributed by atoms with Crippen LogP contribution in [0.5, 0.6) is 0 Å². The Morgan fingerprint density at radius 2 is 2.11 bits per heavy atom. The summed E-state index contributed by atoms with van der Waals surface area (Å²) in [5.74, 6) is 0.0577. The molecule has 0 N–H and O–H groups in total. The third-order valence-corrected chi connectivity index (χ3v) is 2.38. The Hall–Kier alpha value is -2.05. The third-order valence-electron chi connectivity index (χ3n) is 2.38. The van der Waals surface area contributed by atoms with Gasteiger partial charge in [0.2, 0.25) is 0 Å². The zero-order valence-corrected chi connectivity index (χ0v) is 10.2.